The number of hydrogen-bond acceptors (Lipinski definition) is 2. The molecule has 0 unspecified atom stereocenters. The zero-order valence-corrected chi connectivity index (χ0v) is 23.5. The molecule has 0 amide bonds. The van der Waals surface area contributed by atoms with Crippen LogP contribution in [0.1, 0.15) is 0 Å². The molecule has 6 heterocycles. The summed E-state index contributed by atoms with van der Waals surface area (Å²) >= 11 is 0. The molecule has 11 rings (SSSR count). The predicted molar refractivity (Wildman–Crippen MR) is 182 cm³/mol. The van der Waals surface area contributed by atoms with E-state index in [1.165, 1.54) is 65.2 Å². The second-order valence-electron chi connectivity index (χ2n) is 11.8. The number of hydrogen-bond donors (Lipinski definition) is 0. The minimum Gasteiger partial charge on any atom is -0.290 e. The first-order chi connectivity index (χ1) is 21.8. The fourth-order valence-corrected chi connectivity index (χ4v) is 7.75. The highest BCUT2D eigenvalue weighted by atomic mass is 15.0. The van der Waals surface area contributed by atoms with Gasteiger partial charge in [0.2, 0.25) is 0 Å². The average Bonchev–Trinajstić information content (AvgIpc) is 3.82. The van der Waals surface area contributed by atoms with E-state index in [9.17, 15) is 0 Å². The Morgan fingerprint density at radius 3 is 1.09 bits per heavy atom. The van der Waals surface area contributed by atoms with Crippen molar-refractivity contribution in [2.24, 2.45) is 0 Å². The molecule has 0 bridgehead atoms. The Morgan fingerprint density at radius 1 is 0.295 bits per heavy atom. The summed E-state index contributed by atoms with van der Waals surface area (Å²) in [5.74, 6) is 0. The van der Waals surface area contributed by atoms with E-state index in [1.807, 2.05) is 0 Å². The maximum Gasteiger partial charge on any atom is 0.146 e. The van der Waals surface area contributed by atoms with Crippen molar-refractivity contribution in [2.45, 2.75) is 0 Å². The summed E-state index contributed by atoms with van der Waals surface area (Å²) in [6.07, 6.45) is 0. The van der Waals surface area contributed by atoms with Gasteiger partial charge >= 0.3 is 0 Å². The smallest absolute Gasteiger partial charge is 0.146 e. The van der Waals surface area contributed by atoms with E-state index in [4.69, 9.17) is 9.97 Å². The SMILES string of the molecule is c1ccc(-c2ccc3c4cccc5c6ccc7c8cccc9c%10ccc(-c%11ccccc%11)nc%10n(c98)c7c6n(c3n2)c45)cc1. The second kappa shape index (κ2) is 7.88. The van der Waals surface area contributed by atoms with Crippen LogP contribution in [0.2, 0.25) is 0 Å². The highest BCUT2D eigenvalue weighted by molar-refractivity contribution is 6.31. The highest BCUT2D eigenvalue weighted by Gasteiger charge is 2.25. The van der Waals surface area contributed by atoms with E-state index in [-0.39, 0.29) is 0 Å². The number of fused-ring (bicyclic) bond motifs is 13. The van der Waals surface area contributed by atoms with Gasteiger partial charge < -0.3 is 0 Å². The fraction of sp³-hybridized carbons (Fsp3) is 0. The summed E-state index contributed by atoms with van der Waals surface area (Å²) in [5.41, 5.74) is 11.0. The first kappa shape index (κ1) is 22.6. The van der Waals surface area contributed by atoms with Gasteiger partial charge in [-0.1, -0.05) is 109 Å². The Bertz CT molecular complexity index is 2710. The van der Waals surface area contributed by atoms with Crippen molar-refractivity contribution in [3.05, 3.63) is 133 Å². The molecule has 0 saturated heterocycles. The van der Waals surface area contributed by atoms with Gasteiger partial charge in [0.25, 0.3) is 0 Å². The van der Waals surface area contributed by atoms with Crippen molar-refractivity contribution in [1.82, 2.24) is 18.8 Å². The van der Waals surface area contributed by atoms with E-state index in [0.717, 1.165) is 33.8 Å². The second-order valence-corrected chi connectivity index (χ2v) is 11.8. The van der Waals surface area contributed by atoms with Crippen LogP contribution in [0, 0.1) is 0 Å². The van der Waals surface area contributed by atoms with Crippen molar-refractivity contribution in [3.8, 4) is 22.5 Å². The van der Waals surface area contributed by atoms with E-state index >= 15 is 0 Å². The molecule has 5 aromatic carbocycles. The highest BCUT2D eigenvalue weighted by Crippen LogP contribution is 2.46. The Balaban J connectivity index is 1.39. The van der Waals surface area contributed by atoms with Crippen LogP contribution in [-0.4, -0.2) is 18.8 Å². The molecule has 0 N–H and O–H groups in total. The van der Waals surface area contributed by atoms with Crippen LogP contribution in [0.15, 0.2) is 133 Å². The van der Waals surface area contributed by atoms with Crippen LogP contribution < -0.4 is 0 Å². The Labute approximate surface area is 250 Å². The standard InChI is InChI=1S/C40H22N4/c1-3-9-23(10-4-1)33-21-19-31-27-15-7-13-25-29-17-18-30-26-14-8-16-28-32-20-22-34(24-11-5-2-6-12-24)42-40(32)44(36(26)28)38(30)37(29)43(35(25)27)39(31)41-33/h1-22H. The lowest BCUT2D eigenvalue weighted by atomic mass is 10.0. The van der Waals surface area contributed by atoms with Gasteiger partial charge in [0.05, 0.1) is 33.5 Å². The first-order valence-corrected chi connectivity index (χ1v) is 15.0. The zero-order chi connectivity index (χ0) is 28.5. The van der Waals surface area contributed by atoms with Crippen LogP contribution in [0.25, 0.3) is 99.0 Å². The molecule has 0 atom stereocenters. The van der Waals surface area contributed by atoms with Gasteiger partial charge in [0.15, 0.2) is 0 Å². The number of nitrogens with zero attached hydrogens (tertiary/aromatic N) is 4. The number of pyridine rings is 2. The van der Waals surface area contributed by atoms with Crippen molar-refractivity contribution in [1.29, 1.82) is 0 Å². The average molecular weight is 559 g/mol. The maximum atomic E-state index is 5.35. The molecule has 4 heteroatoms. The lowest BCUT2D eigenvalue weighted by Gasteiger charge is -2.05. The third-order valence-electron chi connectivity index (χ3n) is 9.59. The molecule has 0 aliphatic heterocycles. The summed E-state index contributed by atoms with van der Waals surface area (Å²) < 4.78 is 4.84. The fourth-order valence-electron chi connectivity index (χ4n) is 7.75. The molecule has 0 spiro atoms. The quantitative estimate of drug-likeness (QED) is 0.212. The molecule has 6 aromatic heterocycles. The zero-order valence-electron chi connectivity index (χ0n) is 23.5. The third-order valence-corrected chi connectivity index (χ3v) is 9.59. The van der Waals surface area contributed by atoms with Gasteiger partial charge in [-0.3, -0.25) is 8.80 Å². The normalized spacial score (nSPS) is 12.5. The molecule has 0 fully saturated rings. The van der Waals surface area contributed by atoms with E-state index in [2.05, 4.69) is 142 Å². The monoisotopic (exact) mass is 558 g/mol. The Morgan fingerprint density at radius 2 is 0.659 bits per heavy atom. The summed E-state index contributed by atoms with van der Waals surface area (Å²) in [7, 11) is 0. The van der Waals surface area contributed by atoms with Gasteiger partial charge in [0.1, 0.15) is 11.3 Å². The summed E-state index contributed by atoms with van der Waals surface area (Å²) in [4.78, 5) is 10.7. The van der Waals surface area contributed by atoms with Gasteiger partial charge in [-0.15, -0.1) is 0 Å². The van der Waals surface area contributed by atoms with Gasteiger partial charge in [-0.05, 0) is 24.3 Å². The first-order valence-electron chi connectivity index (χ1n) is 15.0. The van der Waals surface area contributed by atoms with Crippen LogP contribution in [-0.2, 0) is 0 Å². The molecule has 44 heavy (non-hydrogen) atoms. The maximum absolute atomic E-state index is 5.35. The van der Waals surface area contributed by atoms with E-state index in [0.29, 0.717) is 0 Å². The molecule has 4 nitrogen and oxygen atoms in total. The number of benzene rings is 5. The van der Waals surface area contributed by atoms with Crippen molar-refractivity contribution in [2.75, 3.05) is 0 Å². The molecular weight excluding hydrogens is 536 g/mol. The van der Waals surface area contributed by atoms with Crippen LogP contribution in [0.5, 0.6) is 0 Å². The molecule has 0 saturated carbocycles. The summed E-state index contributed by atoms with van der Waals surface area (Å²) in [6, 6.07) is 47.7. The van der Waals surface area contributed by atoms with Crippen molar-refractivity contribution in [3.63, 3.8) is 0 Å². The van der Waals surface area contributed by atoms with Gasteiger partial charge in [-0.25, -0.2) is 9.97 Å². The molecule has 0 aliphatic rings. The summed E-state index contributed by atoms with van der Waals surface area (Å²) in [5, 5.41) is 9.79. The largest absolute Gasteiger partial charge is 0.290 e. The minimum atomic E-state index is 0.978. The van der Waals surface area contributed by atoms with Gasteiger partial charge in [-0.2, -0.15) is 0 Å². The minimum absolute atomic E-state index is 0.978. The molecular formula is C40H22N4. The van der Waals surface area contributed by atoms with E-state index in [1.54, 1.807) is 0 Å². The number of para-hydroxylation sites is 2. The van der Waals surface area contributed by atoms with Crippen LogP contribution in [0.4, 0.5) is 0 Å². The van der Waals surface area contributed by atoms with Gasteiger partial charge in [0, 0.05) is 54.2 Å². The Hall–Kier alpha value is -6.00. The number of rotatable bonds is 2. The topological polar surface area (TPSA) is 34.6 Å². The van der Waals surface area contributed by atoms with Crippen molar-refractivity contribution >= 4 is 76.5 Å². The third kappa shape index (κ3) is 2.65. The predicted octanol–water partition coefficient (Wildman–Crippen LogP) is 10.1. The molecule has 0 radical (unpaired) electrons. The molecule has 0 aliphatic carbocycles. The van der Waals surface area contributed by atoms with E-state index < -0.39 is 0 Å². The van der Waals surface area contributed by atoms with Crippen LogP contribution >= 0.6 is 0 Å². The summed E-state index contributed by atoms with van der Waals surface area (Å²) in [6.45, 7) is 0. The number of aromatic nitrogens is 4. The Kier molecular flexibility index (Phi) is 4.04. The lowest BCUT2D eigenvalue weighted by molar-refractivity contribution is 1.24. The van der Waals surface area contributed by atoms with Crippen molar-refractivity contribution < 1.29 is 0 Å². The molecule has 11 aromatic rings. The lowest BCUT2D eigenvalue weighted by Crippen LogP contribution is -1.92. The van der Waals surface area contributed by atoms with Crippen LogP contribution in [0.3, 0.4) is 0 Å². The molecule has 202 valence electrons.